The molecule has 2 heteroatoms. The number of fused-ring (bicyclic) bond motifs is 6. The highest BCUT2D eigenvalue weighted by atomic mass is 16.3. The van der Waals surface area contributed by atoms with Crippen LogP contribution in [0.3, 0.4) is 0 Å². The summed E-state index contributed by atoms with van der Waals surface area (Å²) in [6.07, 6.45) is 0. The maximum Gasteiger partial charge on any atom is 0.135 e. The summed E-state index contributed by atoms with van der Waals surface area (Å²) in [4.78, 5) is 0. The predicted molar refractivity (Wildman–Crippen MR) is 235 cm³/mol. The molecule has 0 spiro atoms. The quantitative estimate of drug-likeness (QED) is 0.168. The highest BCUT2D eigenvalue weighted by Gasteiger charge is 2.17. The van der Waals surface area contributed by atoms with Gasteiger partial charge in [-0.1, -0.05) is 140 Å². The first kappa shape index (κ1) is 32.0. The van der Waals surface area contributed by atoms with Gasteiger partial charge in [0.1, 0.15) is 11.2 Å². The zero-order valence-electron chi connectivity index (χ0n) is 30.6. The molecule has 0 saturated carbocycles. The summed E-state index contributed by atoms with van der Waals surface area (Å²) in [6, 6.07) is 76.5. The number of benzene rings is 9. The molecule has 2 aromatic heterocycles. The molecule has 0 amide bonds. The van der Waals surface area contributed by atoms with E-state index < -0.39 is 0 Å². The van der Waals surface area contributed by atoms with Gasteiger partial charge < -0.3 is 8.98 Å². The number of furan rings is 1. The first-order chi connectivity index (χ1) is 27.7. The van der Waals surface area contributed by atoms with Gasteiger partial charge in [0.05, 0.1) is 11.0 Å². The molecule has 11 rings (SSSR count). The summed E-state index contributed by atoms with van der Waals surface area (Å²) in [5.74, 6) is 0. The van der Waals surface area contributed by atoms with Crippen molar-refractivity contribution in [2.75, 3.05) is 0 Å². The van der Waals surface area contributed by atoms with Gasteiger partial charge >= 0.3 is 0 Å². The van der Waals surface area contributed by atoms with Crippen molar-refractivity contribution < 1.29 is 4.42 Å². The van der Waals surface area contributed by atoms with Gasteiger partial charge in [0, 0.05) is 27.2 Å². The van der Waals surface area contributed by atoms with Gasteiger partial charge in [0.25, 0.3) is 0 Å². The van der Waals surface area contributed by atoms with Crippen LogP contribution in [0.2, 0.25) is 0 Å². The maximum absolute atomic E-state index is 6.49. The van der Waals surface area contributed by atoms with Crippen LogP contribution >= 0.6 is 0 Å². The lowest BCUT2D eigenvalue weighted by Crippen LogP contribution is -1.93. The van der Waals surface area contributed by atoms with Crippen LogP contribution in [0.25, 0.3) is 105 Å². The third kappa shape index (κ3) is 5.51. The third-order valence-corrected chi connectivity index (χ3v) is 11.2. The van der Waals surface area contributed by atoms with E-state index in [1.807, 2.05) is 0 Å². The summed E-state index contributed by atoms with van der Waals surface area (Å²) in [5.41, 5.74) is 17.1. The molecule has 0 saturated heterocycles. The van der Waals surface area contributed by atoms with Crippen molar-refractivity contribution in [1.82, 2.24) is 4.57 Å². The van der Waals surface area contributed by atoms with E-state index in [1.54, 1.807) is 0 Å². The average Bonchev–Trinajstić information content (AvgIpc) is 3.81. The minimum Gasteiger partial charge on any atom is -0.456 e. The van der Waals surface area contributed by atoms with Crippen molar-refractivity contribution in [2.45, 2.75) is 0 Å². The van der Waals surface area contributed by atoms with E-state index in [0.717, 1.165) is 38.8 Å². The highest BCUT2D eigenvalue weighted by molar-refractivity contribution is 6.12. The number of aromatic nitrogens is 1. The van der Waals surface area contributed by atoms with E-state index in [9.17, 15) is 0 Å². The maximum atomic E-state index is 6.49. The Morgan fingerprint density at radius 3 is 1.36 bits per heavy atom. The van der Waals surface area contributed by atoms with Gasteiger partial charge in [0.15, 0.2) is 0 Å². The molecule has 2 nitrogen and oxygen atoms in total. The van der Waals surface area contributed by atoms with Gasteiger partial charge in [-0.2, -0.15) is 0 Å². The van der Waals surface area contributed by atoms with Gasteiger partial charge in [-0.05, 0) is 128 Å². The molecular weight excluding hydrogens is 679 g/mol. The summed E-state index contributed by atoms with van der Waals surface area (Å²) in [6.45, 7) is 0. The van der Waals surface area contributed by atoms with Crippen LogP contribution in [-0.4, -0.2) is 4.57 Å². The Hall–Kier alpha value is -7.42. The lowest BCUT2D eigenvalue weighted by atomic mass is 9.92. The fourth-order valence-electron chi connectivity index (χ4n) is 8.41. The van der Waals surface area contributed by atoms with Crippen molar-refractivity contribution in [1.29, 1.82) is 0 Å². The van der Waals surface area contributed by atoms with E-state index in [4.69, 9.17) is 4.42 Å². The molecule has 2 heterocycles. The Morgan fingerprint density at radius 1 is 0.250 bits per heavy atom. The van der Waals surface area contributed by atoms with Gasteiger partial charge in [-0.25, -0.2) is 0 Å². The van der Waals surface area contributed by atoms with Crippen molar-refractivity contribution in [2.24, 2.45) is 0 Å². The smallest absolute Gasteiger partial charge is 0.135 e. The van der Waals surface area contributed by atoms with E-state index in [-0.39, 0.29) is 0 Å². The van der Waals surface area contributed by atoms with E-state index in [1.165, 1.54) is 66.3 Å². The molecule has 0 N–H and O–H groups in total. The van der Waals surface area contributed by atoms with Crippen LogP contribution in [0, 0.1) is 0 Å². The molecule has 0 atom stereocenters. The Labute approximate surface area is 325 Å². The Morgan fingerprint density at radius 2 is 0.679 bits per heavy atom. The molecule has 0 fully saturated rings. The standard InChI is InChI=1S/C54H35NO/c1-4-13-36(14-5-1)39-19-12-20-40(29-39)44-30-43(38-17-8-3-9-18-38)31-45(32-44)42-24-27-53-49(34-42)50-35-46(25-28-54(50)56-53)55-51-22-11-10-21-47(51)48-33-41(23-26-52(48)55)37-15-6-2-7-16-37/h1-35H. The van der Waals surface area contributed by atoms with E-state index in [0.29, 0.717) is 0 Å². The molecule has 56 heavy (non-hydrogen) atoms. The third-order valence-electron chi connectivity index (χ3n) is 11.2. The number of para-hydroxylation sites is 1. The molecule has 0 aliphatic heterocycles. The minimum atomic E-state index is 0.879. The Kier molecular flexibility index (Phi) is 7.53. The van der Waals surface area contributed by atoms with E-state index >= 15 is 0 Å². The largest absolute Gasteiger partial charge is 0.456 e. The molecule has 262 valence electrons. The lowest BCUT2D eigenvalue weighted by molar-refractivity contribution is 0.669. The summed E-state index contributed by atoms with van der Waals surface area (Å²) >= 11 is 0. The van der Waals surface area contributed by atoms with Crippen LogP contribution in [0.15, 0.2) is 217 Å². The SMILES string of the molecule is c1ccc(-c2cccc(-c3cc(-c4ccccc4)cc(-c4ccc5oc6ccc(-n7c8ccccc8c8cc(-c9ccccc9)ccc87)cc6c5c4)c3)c2)cc1. The molecule has 0 unspecified atom stereocenters. The fourth-order valence-corrected chi connectivity index (χ4v) is 8.41. The summed E-state index contributed by atoms with van der Waals surface area (Å²) in [5, 5.41) is 4.68. The van der Waals surface area contributed by atoms with Gasteiger partial charge in [0.2, 0.25) is 0 Å². The zero-order chi connectivity index (χ0) is 37.0. The second-order valence-electron chi connectivity index (χ2n) is 14.6. The number of nitrogens with zero attached hydrogens (tertiary/aromatic N) is 1. The molecule has 0 aliphatic carbocycles. The van der Waals surface area contributed by atoms with Crippen molar-refractivity contribution >= 4 is 43.7 Å². The number of hydrogen-bond acceptors (Lipinski definition) is 1. The van der Waals surface area contributed by atoms with Gasteiger partial charge in [-0.15, -0.1) is 0 Å². The summed E-state index contributed by atoms with van der Waals surface area (Å²) in [7, 11) is 0. The molecule has 11 aromatic rings. The monoisotopic (exact) mass is 713 g/mol. The van der Waals surface area contributed by atoms with E-state index in [2.05, 4.69) is 217 Å². The molecular formula is C54H35NO. The van der Waals surface area contributed by atoms with Crippen LogP contribution in [0.1, 0.15) is 0 Å². The molecule has 0 aliphatic rings. The zero-order valence-corrected chi connectivity index (χ0v) is 30.6. The van der Waals surface area contributed by atoms with Crippen molar-refractivity contribution in [3.05, 3.63) is 212 Å². The highest BCUT2D eigenvalue weighted by Crippen LogP contribution is 2.40. The van der Waals surface area contributed by atoms with Gasteiger partial charge in [-0.3, -0.25) is 0 Å². The molecule has 0 radical (unpaired) electrons. The molecule has 0 bridgehead atoms. The first-order valence-corrected chi connectivity index (χ1v) is 19.2. The average molecular weight is 714 g/mol. The predicted octanol–water partition coefficient (Wildman–Crippen LogP) is 15.0. The van der Waals surface area contributed by atoms with Crippen molar-refractivity contribution in [3.8, 4) is 61.3 Å². The summed E-state index contributed by atoms with van der Waals surface area (Å²) < 4.78 is 8.88. The second-order valence-corrected chi connectivity index (χ2v) is 14.6. The minimum absolute atomic E-state index is 0.879. The number of hydrogen-bond donors (Lipinski definition) is 0. The topological polar surface area (TPSA) is 18.1 Å². The molecule has 9 aromatic carbocycles. The first-order valence-electron chi connectivity index (χ1n) is 19.2. The number of rotatable bonds is 6. The van der Waals surface area contributed by atoms with Crippen LogP contribution in [-0.2, 0) is 0 Å². The second kappa shape index (κ2) is 13.2. The van der Waals surface area contributed by atoms with Crippen LogP contribution in [0.4, 0.5) is 0 Å². The van der Waals surface area contributed by atoms with Crippen molar-refractivity contribution in [3.63, 3.8) is 0 Å². The van der Waals surface area contributed by atoms with Crippen LogP contribution in [0.5, 0.6) is 0 Å². The fraction of sp³-hybridized carbons (Fsp3) is 0. The Balaban J connectivity index is 1.06. The lowest BCUT2D eigenvalue weighted by Gasteiger charge is -2.13. The normalized spacial score (nSPS) is 11.6. The Bertz CT molecular complexity index is 3230. The van der Waals surface area contributed by atoms with Crippen LogP contribution < -0.4 is 0 Å².